The van der Waals surface area contributed by atoms with Crippen molar-refractivity contribution < 1.29 is 0 Å². The van der Waals surface area contributed by atoms with E-state index in [1.54, 1.807) is 11.3 Å². The second kappa shape index (κ2) is 3.24. The van der Waals surface area contributed by atoms with Crippen LogP contribution in [0.1, 0.15) is 12.5 Å². The molecule has 0 fully saturated rings. The van der Waals surface area contributed by atoms with Crippen molar-refractivity contribution in [2.75, 3.05) is 5.73 Å². The fraction of sp³-hybridized carbons (Fsp3) is 0.200. The summed E-state index contributed by atoms with van der Waals surface area (Å²) in [5.41, 5.74) is 7.03. The van der Waals surface area contributed by atoms with Gasteiger partial charge in [0, 0.05) is 4.90 Å². The summed E-state index contributed by atoms with van der Waals surface area (Å²) in [5.74, 6) is 0. The van der Waals surface area contributed by atoms with Gasteiger partial charge in [-0.15, -0.1) is 24.0 Å². The van der Waals surface area contributed by atoms with Crippen LogP contribution in [-0.2, 0) is 6.42 Å². The van der Waals surface area contributed by atoms with Crippen LogP contribution in [0.25, 0.3) is 10.1 Å². The summed E-state index contributed by atoms with van der Waals surface area (Å²) in [6.07, 6.45) is 1.02. The van der Waals surface area contributed by atoms with Gasteiger partial charge in [-0.25, -0.2) is 0 Å². The average Bonchev–Trinajstić information content (AvgIpc) is 2.47. The molecular formula is C10H11NS2. The highest BCUT2D eigenvalue weighted by atomic mass is 32.1. The Kier molecular flexibility index (Phi) is 2.22. The largest absolute Gasteiger partial charge is 0.391 e. The van der Waals surface area contributed by atoms with Crippen molar-refractivity contribution in [2.24, 2.45) is 0 Å². The lowest BCUT2D eigenvalue weighted by molar-refractivity contribution is 1.10. The maximum absolute atomic E-state index is 5.74. The predicted octanol–water partition coefficient (Wildman–Crippen LogP) is 3.33. The Labute approximate surface area is 87.0 Å². The summed E-state index contributed by atoms with van der Waals surface area (Å²) >= 11 is 6.12. The van der Waals surface area contributed by atoms with Crippen LogP contribution >= 0.6 is 24.0 Å². The van der Waals surface area contributed by atoms with Gasteiger partial charge >= 0.3 is 0 Å². The molecule has 0 unspecified atom stereocenters. The zero-order valence-corrected chi connectivity index (χ0v) is 9.08. The average molecular weight is 209 g/mol. The monoisotopic (exact) mass is 209 g/mol. The summed E-state index contributed by atoms with van der Waals surface area (Å²) in [5, 5.41) is 2.06. The number of fused-ring (bicyclic) bond motifs is 1. The summed E-state index contributed by atoms with van der Waals surface area (Å²) < 4.78 is 1.21. The molecular weight excluding hydrogens is 198 g/mol. The van der Waals surface area contributed by atoms with Crippen LogP contribution in [0.2, 0.25) is 0 Å². The van der Waals surface area contributed by atoms with Gasteiger partial charge in [0.15, 0.2) is 0 Å². The number of aryl methyl sites for hydroxylation is 1. The minimum atomic E-state index is 0.860. The predicted molar refractivity (Wildman–Crippen MR) is 62.9 cm³/mol. The van der Waals surface area contributed by atoms with E-state index in [9.17, 15) is 0 Å². The van der Waals surface area contributed by atoms with Gasteiger partial charge in [-0.05, 0) is 23.4 Å². The van der Waals surface area contributed by atoms with E-state index in [0.29, 0.717) is 0 Å². The summed E-state index contributed by atoms with van der Waals surface area (Å²) in [7, 11) is 0. The number of hydrogen-bond acceptors (Lipinski definition) is 3. The molecule has 13 heavy (non-hydrogen) atoms. The summed E-state index contributed by atoms with van der Waals surface area (Å²) in [4.78, 5) is 1.08. The number of anilines is 1. The zero-order valence-electron chi connectivity index (χ0n) is 7.37. The number of rotatable bonds is 1. The Bertz CT molecular complexity index is 445. The molecule has 0 bridgehead atoms. The quantitative estimate of drug-likeness (QED) is 0.692. The fourth-order valence-corrected chi connectivity index (χ4v) is 2.83. The first kappa shape index (κ1) is 8.91. The van der Waals surface area contributed by atoms with E-state index in [1.807, 2.05) is 6.07 Å². The molecule has 2 rings (SSSR count). The maximum atomic E-state index is 5.74. The number of thiophene rings is 1. The minimum Gasteiger partial charge on any atom is -0.391 e. The van der Waals surface area contributed by atoms with E-state index in [2.05, 4.69) is 31.7 Å². The second-order valence-electron chi connectivity index (χ2n) is 2.99. The number of hydrogen-bond donors (Lipinski definition) is 2. The van der Waals surface area contributed by atoms with E-state index < -0.39 is 0 Å². The van der Waals surface area contributed by atoms with Crippen molar-refractivity contribution in [1.82, 2.24) is 0 Å². The molecule has 0 aliphatic carbocycles. The Morgan fingerprint density at radius 1 is 1.46 bits per heavy atom. The first-order chi connectivity index (χ1) is 6.22. The highest BCUT2D eigenvalue weighted by Crippen LogP contribution is 2.34. The summed E-state index contributed by atoms with van der Waals surface area (Å²) in [6.45, 7) is 2.14. The highest BCUT2D eigenvalue weighted by molar-refractivity contribution is 7.80. The van der Waals surface area contributed by atoms with Crippen molar-refractivity contribution >= 4 is 39.1 Å². The molecule has 1 aromatic carbocycles. The lowest BCUT2D eigenvalue weighted by Crippen LogP contribution is -1.81. The fourth-order valence-electron chi connectivity index (χ4n) is 1.43. The standard InChI is InChI=1S/C10H11NS2/c1-2-6-3-4-7-5-8(11)13-10(7)9(6)12/h3-5,12H,2,11H2,1H3. The van der Waals surface area contributed by atoms with E-state index in [1.165, 1.54) is 15.6 Å². The Morgan fingerprint density at radius 2 is 2.23 bits per heavy atom. The zero-order chi connectivity index (χ0) is 9.42. The van der Waals surface area contributed by atoms with Crippen LogP contribution < -0.4 is 5.73 Å². The van der Waals surface area contributed by atoms with Crippen molar-refractivity contribution in [3.63, 3.8) is 0 Å². The topological polar surface area (TPSA) is 26.0 Å². The lowest BCUT2D eigenvalue weighted by Gasteiger charge is -2.01. The van der Waals surface area contributed by atoms with Crippen LogP contribution in [0.15, 0.2) is 23.1 Å². The van der Waals surface area contributed by atoms with Crippen molar-refractivity contribution in [3.05, 3.63) is 23.8 Å². The third-order valence-corrected chi connectivity index (χ3v) is 3.80. The van der Waals surface area contributed by atoms with Gasteiger partial charge in [-0.3, -0.25) is 0 Å². The molecule has 0 spiro atoms. The molecule has 1 nitrogen and oxygen atoms in total. The van der Waals surface area contributed by atoms with Crippen LogP contribution in [-0.4, -0.2) is 0 Å². The molecule has 1 heterocycles. The molecule has 0 saturated heterocycles. The number of nitrogen functional groups attached to an aromatic ring is 1. The molecule has 1 aromatic heterocycles. The molecule has 0 aliphatic heterocycles. The minimum absolute atomic E-state index is 0.860. The third-order valence-electron chi connectivity index (χ3n) is 2.14. The van der Waals surface area contributed by atoms with E-state index in [-0.39, 0.29) is 0 Å². The SMILES string of the molecule is CCc1ccc2cc(N)sc2c1S. The van der Waals surface area contributed by atoms with Gasteiger partial charge in [0.1, 0.15) is 0 Å². The molecule has 0 atom stereocenters. The number of thiol groups is 1. The highest BCUT2D eigenvalue weighted by Gasteiger charge is 2.05. The Morgan fingerprint density at radius 3 is 2.92 bits per heavy atom. The van der Waals surface area contributed by atoms with Gasteiger partial charge in [-0.1, -0.05) is 19.1 Å². The molecule has 3 heteroatoms. The third kappa shape index (κ3) is 1.42. The van der Waals surface area contributed by atoms with Crippen molar-refractivity contribution in [2.45, 2.75) is 18.2 Å². The van der Waals surface area contributed by atoms with Gasteiger partial charge in [0.25, 0.3) is 0 Å². The van der Waals surface area contributed by atoms with Crippen LogP contribution in [0, 0.1) is 0 Å². The Hall–Kier alpha value is -0.670. The van der Waals surface area contributed by atoms with Gasteiger partial charge in [0.2, 0.25) is 0 Å². The number of benzene rings is 1. The van der Waals surface area contributed by atoms with Gasteiger partial charge < -0.3 is 5.73 Å². The summed E-state index contributed by atoms with van der Waals surface area (Å²) in [6, 6.07) is 6.23. The molecule has 0 amide bonds. The molecule has 2 N–H and O–H groups in total. The van der Waals surface area contributed by atoms with Crippen LogP contribution in [0.5, 0.6) is 0 Å². The van der Waals surface area contributed by atoms with E-state index in [4.69, 9.17) is 5.73 Å². The van der Waals surface area contributed by atoms with Crippen LogP contribution in [0.4, 0.5) is 5.00 Å². The van der Waals surface area contributed by atoms with Crippen LogP contribution in [0.3, 0.4) is 0 Å². The molecule has 0 saturated carbocycles. The number of nitrogens with two attached hydrogens (primary N) is 1. The first-order valence-electron chi connectivity index (χ1n) is 4.22. The van der Waals surface area contributed by atoms with Gasteiger partial charge in [-0.2, -0.15) is 0 Å². The molecule has 68 valence electrons. The van der Waals surface area contributed by atoms with E-state index >= 15 is 0 Å². The molecule has 0 aliphatic rings. The first-order valence-corrected chi connectivity index (χ1v) is 5.48. The van der Waals surface area contributed by atoms with Gasteiger partial charge in [0.05, 0.1) is 9.70 Å². The molecule has 2 aromatic rings. The van der Waals surface area contributed by atoms with E-state index in [0.717, 1.165) is 16.3 Å². The van der Waals surface area contributed by atoms with Crippen molar-refractivity contribution in [3.8, 4) is 0 Å². The second-order valence-corrected chi connectivity index (χ2v) is 4.52. The lowest BCUT2D eigenvalue weighted by atomic mass is 10.1. The smallest absolute Gasteiger partial charge is 0.0869 e. The normalized spacial score (nSPS) is 10.9. The Balaban J connectivity index is 2.78. The van der Waals surface area contributed by atoms with Crippen molar-refractivity contribution in [1.29, 1.82) is 0 Å². The molecule has 0 radical (unpaired) electrons. The maximum Gasteiger partial charge on any atom is 0.0869 e.